The van der Waals surface area contributed by atoms with E-state index in [0.717, 1.165) is 19.5 Å². The van der Waals surface area contributed by atoms with Crippen molar-refractivity contribution in [2.24, 2.45) is 0 Å². The van der Waals surface area contributed by atoms with E-state index < -0.39 is 0 Å². The molecule has 72 valence electrons. The monoisotopic (exact) mass is 201 g/mol. The van der Waals surface area contributed by atoms with E-state index in [2.05, 4.69) is 15.3 Å². The van der Waals surface area contributed by atoms with Crippen LogP contribution in [0.3, 0.4) is 0 Å². The van der Waals surface area contributed by atoms with Crippen LogP contribution in [0.15, 0.2) is 18.6 Å². The van der Waals surface area contributed by atoms with E-state index in [4.69, 9.17) is 4.74 Å². The molecule has 4 nitrogen and oxygen atoms in total. The second kappa shape index (κ2) is 4.99. The number of hydrogen-bond acceptors (Lipinski definition) is 4. The average molecular weight is 202 g/mol. The first-order valence-electron chi connectivity index (χ1n) is 4.08. The van der Waals surface area contributed by atoms with Crippen molar-refractivity contribution in [2.75, 3.05) is 13.1 Å². The zero-order chi connectivity index (χ0) is 8.23. The summed E-state index contributed by atoms with van der Waals surface area (Å²) in [4.78, 5) is 7.79. The Bertz CT molecular complexity index is 238. The Balaban J connectivity index is 0.000000845. The third-order valence-corrected chi connectivity index (χ3v) is 1.86. The van der Waals surface area contributed by atoms with Gasteiger partial charge in [0.1, 0.15) is 12.4 Å². The van der Waals surface area contributed by atoms with Gasteiger partial charge in [0.25, 0.3) is 0 Å². The number of hydrogen-bond donors (Lipinski definition) is 1. The average Bonchev–Trinajstić information content (AvgIpc) is 2.59. The first-order valence-corrected chi connectivity index (χ1v) is 4.08. The van der Waals surface area contributed by atoms with Gasteiger partial charge in [0.15, 0.2) is 0 Å². The minimum atomic E-state index is 0. The number of ether oxygens (including phenoxy) is 1. The highest BCUT2D eigenvalue weighted by Crippen LogP contribution is 2.09. The lowest BCUT2D eigenvalue weighted by atomic mass is 10.3. The Morgan fingerprint density at radius 1 is 1.54 bits per heavy atom. The molecule has 0 saturated carbocycles. The van der Waals surface area contributed by atoms with Gasteiger partial charge in [0, 0.05) is 18.8 Å². The van der Waals surface area contributed by atoms with Crippen molar-refractivity contribution in [3.05, 3.63) is 18.6 Å². The Labute approximate surface area is 83.1 Å². The van der Waals surface area contributed by atoms with Crippen LogP contribution in [0.4, 0.5) is 0 Å². The Hall–Kier alpha value is -0.870. The van der Waals surface area contributed by atoms with E-state index in [-0.39, 0.29) is 18.5 Å². The zero-order valence-corrected chi connectivity index (χ0v) is 7.96. The minimum Gasteiger partial charge on any atom is -0.473 e. The van der Waals surface area contributed by atoms with Crippen LogP contribution in [0, 0.1) is 0 Å². The van der Waals surface area contributed by atoms with Gasteiger partial charge in [-0.25, -0.2) is 9.97 Å². The number of rotatable bonds is 2. The van der Waals surface area contributed by atoms with Gasteiger partial charge >= 0.3 is 0 Å². The van der Waals surface area contributed by atoms with Gasteiger partial charge in [-0.15, -0.1) is 12.4 Å². The summed E-state index contributed by atoms with van der Waals surface area (Å²) in [6.45, 7) is 1.96. The van der Waals surface area contributed by atoms with Crippen LogP contribution in [-0.2, 0) is 0 Å². The smallest absolute Gasteiger partial charge is 0.216 e. The van der Waals surface area contributed by atoms with E-state index in [0.29, 0.717) is 5.88 Å². The quantitative estimate of drug-likeness (QED) is 0.763. The van der Waals surface area contributed by atoms with Crippen molar-refractivity contribution in [3.8, 4) is 5.88 Å². The van der Waals surface area contributed by atoms with Gasteiger partial charge in [-0.3, -0.25) is 0 Å². The standard InChI is InChI=1S/C8H11N3O.ClH/c1-3-9-5-7(1)12-8-2-4-10-6-11-8;/h2,4,6-7,9H,1,3,5H2;1H/t7-;/m1./s1. The van der Waals surface area contributed by atoms with Gasteiger partial charge in [0.05, 0.1) is 0 Å². The summed E-state index contributed by atoms with van der Waals surface area (Å²) < 4.78 is 5.56. The fraction of sp³-hybridized carbons (Fsp3) is 0.500. The molecule has 5 heteroatoms. The molecule has 1 atom stereocenters. The molecule has 1 aliphatic heterocycles. The van der Waals surface area contributed by atoms with E-state index in [9.17, 15) is 0 Å². The molecule has 0 aliphatic carbocycles. The third kappa shape index (κ3) is 2.82. The fourth-order valence-corrected chi connectivity index (χ4v) is 1.25. The van der Waals surface area contributed by atoms with E-state index in [1.54, 1.807) is 12.3 Å². The van der Waals surface area contributed by atoms with Crippen LogP contribution < -0.4 is 10.1 Å². The molecule has 2 heterocycles. The van der Waals surface area contributed by atoms with E-state index >= 15 is 0 Å². The first-order chi connectivity index (χ1) is 5.95. The number of halogens is 1. The highest BCUT2D eigenvalue weighted by Gasteiger charge is 2.15. The van der Waals surface area contributed by atoms with Crippen molar-refractivity contribution in [2.45, 2.75) is 12.5 Å². The predicted octanol–water partition coefficient (Wildman–Crippen LogP) is 0.639. The molecule has 13 heavy (non-hydrogen) atoms. The fourth-order valence-electron chi connectivity index (χ4n) is 1.25. The topological polar surface area (TPSA) is 47.0 Å². The summed E-state index contributed by atoms with van der Waals surface area (Å²) >= 11 is 0. The minimum absolute atomic E-state index is 0. The molecule has 0 amide bonds. The maximum atomic E-state index is 5.56. The highest BCUT2D eigenvalue weighted by molar-refractivity contribution is 5.85. The summed E-state index contributed by atoms with van der Waals surface area (Å²) in [7, 11) is 0. The molecule has 0 unspecified atom stereocenters. The third-order valence-electron chi connectivity index (χ3n) is 1.86. The van der Waals surface area contributed by atoms with Gasteiger partial charge in [-0.1, -0.05) is 0 Å². The molecular weight excluding hydrogens is 190 g/mol. The summed E-state index contributed by atoms with van der Waals surface area (Å²) in [5, 5.41) is 3.22. The van der Waals surface area contributed by atoms with Crippen molar-refractivity contribution >= 4 is 12.4 Å². The number of nitrogens with zero attached hydrogens (tertiary/aromatic N) is 2. The highest BCUT2D eigenvalue weighted by atomic mass is 35.5. The van der Waals surface area contributed by atoms with Crippen LogP contribution in [0.2, 0.25) is 0 Å². The summed E-state index contributed by atoms with van der Waals surface area (Å²) in [6, 6.07) is 1.78. The maximum Gasteiger partial charge on any atom is 0.216 e. The van der Waals surface area contributed by atoms with E-state index in [1.807, 2.05) is 0 Å². The van der Waals surface area contributed by atoms with Crippen molar-refractivity contribution in [1.82, 2.24) is 15.3 Å². The molecule has 0 bridgehead atoms. The molecule has 1 N–H and O–H groups in total. The van der Waals surface area contributed by atoms with Crippen LogP contribution >= 0.6 is 12.4 Å². The van der Waals surface area contributed by atoms with Crippen LogP contribution in [0.1, 0.15) is 6.42 Å². The molecular formula is C8H12ClN3O. The molecule has 1 aromatic heterocycles. The second-order valence-electron chi connectivity index (χ2n) is 2.78. The molecule has 0 aromatic carbocycles. The first kappa shape index (κ1) is 10.2. The van der Waals surface area contributed by atoms with Crippen molar-refractivity contribution in [1.29, 1.82) is 0 Å². The Kier molecular flexibility index (Phi) is 3.92. The summed E-state index contributed by atoms with van der Waals surface area (Å²) in [5.74, 6) is 0.665. The molecule has 2 rings (SSSR count). The van der Waals surface area contributed by atoms with Crippen molar-refractivity contribution < 1.29 is 4.74 Å². The molecule has 1 aromatic rings. The van der Waals surface area contributed by atoms with Gasteiger partial charge in [0.2, 0.25) is 5.88 Å². The predicted molar refractivity (Wildman–Crippen MR) is 51.2 cm³/mol. The largest absolute Gasteiger partial charge is 0.473 e. The zero-order valence-electron chi connectivity index (χ0n) is 7.14. The lowest BCUT2D eigenvalue weighted by Crippen LogP contribution is -2.19. The van der Waals surface area contributed by atoms with Gasteiger partial charge in [-0.05, 0) is 13.0 Å². The summed E-state index contributed by atoms with van der Waals surface area (Å²) in [5.41, 5.74) is 0. The molecule has 1 aliphatic rings. The maximum absolute atomic E-state index is 5.56. The number of nitrogens with one attached hydrogen (secondary N) is 1. The SMILES string of the molecule is Cl.c1cc(O[C@@H]2CCNC2)ncn1. The number of aromatic nitrogens is 2. The van der Waals surface area contributed by atoms with Crippen LogP contribution in [-0.4, -0.2) is 29.2 Å². The molecule has 0 radical (unpaired) electrons. The lowest BCUT2D eigenvalue weighted by Gasteiger charge is -2.09. The van der Waals surface area contributed by atoms with Gasteiger partial charge < -0.3 is 10.1 Å². The molecule has 1 fully saturated rings. The Morgan fingerprint density at radius 2 is 2.46 bits per heavy atom. The van der Waals surface area contributed by atoms with E-state index in [1.165, 1.54) is 6.33 Å². The Morgan fingerprint density at radius 3 is 3.08 bits per heavy atom. The van der Waals surface area contributed by atoms with Crippen molar-refractivity contribution in [3.63, 3.8) is 0 Å². The second-order valence-corrected chi connectivity index (χ2v) is 2.78. The molecule has 0 spiro atoms. The lowest BCUT2D eigenvalue weighted by molar-refractivity contribution is 0.213. The normalized spacial score (nSPS) is 20.8. The summed E-state index contributed by atoms with van der Waals surface area (Å²) in [6.07, 6.45) is 4.52. The molecule has 1 saturated heterocycles. The van der Waals surface area contributed by atoms with Gasteiger partial charge in [-0.2, -0.15) is 0 Å². The van der Waals surface area contributed by atoms with Crippen LogP contribution in [0.5, 0.6) is 5.88 Å². The van der Waals surface area contributed by atoms with Crippen LogP contribution in [0.25, 0.3) is 0 Å².